The maximum absolute atomic E-state index is 11.6. The number of thioether (sulfide) groups is 1. The number of nitrogens with one attached hydrogen (secondary N) is 1. The maximum atomic E-state index is 11.6. The highest BCUT2D eigenvalue weighted by Crippen LogP contribution is 2.27. The molecule has 1 saturated heterocycles. The SMILES string of the molecule is COC(=O)C(N)Cc1ccc(Oc2ccc(/C=C3/SC(=O)NC3=O)cc2)cc1. The molecule has 1 fully saturated rings. The summed E-state index contributed by atoms with van der Waals surface area (Å²) in [4.78, 5) is 34.5. The Labute approximate surface area is 165 Å². The van der Waals surface area contributed by atoms with Crippen molar-refractivity contribution in [3.63, 3.8) is 0 Å². The Balaban J connectivity index is 1.61. The molecule has 3 N–H and O–H groups in total. The summed E-state index contributed by atoms with van der Waals surface area (Å²) in [6.07, 6.45) is 2.03. The molecule has 7 nitrogen and oxygen atoms in total. The van der Waals surface area contributed by atoms with Crippen molar-refractivity contribution >= 4 is 35.0 Å². The minimum atomic E-state index is -0.700. The van der Waals surface area contributed by atoms with Crippen molar-refractivity contribution in [3.8, 4) is 11.5 Å². The summed E-state index contributed by atoms with van der Waals surface area (Å²) >= 11 is 0.876. The van der Waals surface area contributed by atoms with Gasteiger partial charge < -0.3 is 15.2 Å². The van der Waals surface area contributed by atoms with Gasteiger partial charge in [-0.3, -0.25) is 19.7 Å². The second-order valence-electron chi connectivity index (χ2n) is 6.00. The molecule has 1 atom stereocenters. The van der Waals surface area contributed by atoms with Crippen LogP contribution in [0.3, 0.4) is 0 Å². The minimum Gasteiger partial charge on any atom is -0.468 e. The summed E-state index contributed by atoms with van der Waals surface area (Å²) < 4.78 is 10.4. The number of methoxy groups -OCH3 is 1. The lowest BCUT2D eigenvalue weighted by molar-refractivity contribution is -0.142. The Morgan fingerprint density at radius 2 is 1.71 bits per heavy atom. The fraction of sp³-hybridized carbons (Fsp3) is 0.150. The van der Waals surface area contributed by atoms with Gasteiger partial charge in [-0.1, -0.05) is 24.3 Å². The number of carbonyl (C=O) groups excluding carboxylic acids is 3. The topological polar surface area (TPSA) is 108 Å². The molecule has 0 spiro atoms. The fourth-order valence-corrected chi connectivity index (χ4v) is 3.21. The third kappa shape index (κ3) is 4.99. The number of amides is 2. The van der Waals surface area contributed by atoms with Crippen LogP contribution in [0.5, 0.6) is 11.5 Å². The standard InChI is InChI=1S/C20H18N2O5S/c1-26-19(24)16(21)10-12-2-6-14(7-3-12)27-15-8-4-13(5-9-15)11-17-18(23)22-20(25)28-17/h2-9,11,16H,10,21H2,1H3,(H,22,23,25)/b17-11+. The zero-order chi connectivity index (χ0) is 20.1. The summed E-state index contributed by atoms with van der Waals surface area (Å²) in [5.41, 5.74) is 7.44. The van der Waals surface area contributed by atoms with Gasteiger partial charge in [-0.05, 0) is 59.7 Å². The van der Waals surface area contributed by atoms with E-state index in [1.165, 1.54) is 7.11 Å². The number of nitrogens with two attached hydrogens (primary N) is 1. The highest BCUT2D eigenvalue weighted by Gasteiger charge is 2.24. The van der Waals surface area contributed by atoms with Gasteiger partial charge >= 0.3 is 5.97 Å². The highest BCUT2D eigenvalue weighted by atomic mass is 32.2. The summed E-state index contributed by atoms with van der Waals surface area (Å²) in [7, 11) is 1.31. The van der Waals surface area contributed by atoms with Gasteiger partial charge in [-0.25, -0.2) is 0 Å². The van der Waals surface area contributed by atoms with Gasteiger partial charge in [-0.15, -0.1) is 0 Å². The van der Waals surface area contributed by atoms with Gasteiger partial charge in [0.05, 0.1) is 12.0 Å². The summed E-state index contributed by atoms with van der Waals surface area (Å²) in [5.74, 6) is 0.425. The number of hydrogen-bond acceptors (Lipinski definition) is 7. The fourth-order valence-electron chi connectivity index (χ4n) is 2.52. The van der Waals surface area contributed by atoms with E-state index in [0.29, 0.717) is 22.8 Å². The van der Waals surface area contributed by atoms with Gasteiger partial charge in [0.25, 0.3) is 11.1 Å². The molecule has 3 rings (SSSR count). The van der Waals surface area contributed by atoms with Crippen molar-refractivity contribution in [2.75, 3.05) is 7.11 Å². The predicted octanol–water partition coefficient (Wildman–Crippen LogP) is 2.85. The zero-order valence-electron chi connectivity index (χ0n) is 15.0. The van der Waals surface area contributed by atoms with E-state index < -0.39 is 12.0 Å². The van der Waals surface area contributed by atoms with Crippen LogP contribution in [0.4, 0.5) is 4.79 Å². The highest BCUT2D eigenvalue weighted by molar-refractivity contribution is 8.18. The molecule has 2 aromatic carbocycles. The Kier molecular flexibility index (Phi) is 6.13. The van der Waals surface area contributed by atoms with E-state index in [1.807, 2.05) is 12.1 Å². The number of carbonyl (C=O) groups is 3. The average Bonchev–Trinajstić information content (AvgIpc) is 3.01. The molecule has 8 heteroatoms. The Bertz CT molecular complexity index is 923. The van der Waals surface area contributed by atoms with Crippen LogP contribution in [0.15, 0.2) is 53.4 Å². The Morgan fingerprint density at radius 3 is 2.25 bits per heavy atom. The number of rotatable bonds is 6. The van der Waals surface area contributed by atoms with E-state index in [4.69, 9.17) is 10.5 Å². The number of ether oxygens (including phenoxy) is 2. The van der Waals surface area contributed by atoms with Crippen LogP contribution in [0.2, 0.25) is 0 Å². The lowest BCUT2D eigenvalue weighted by Gasteiger charge is -2.10. The first-order valence-corrected chi connectivity index (χ1v) is 9.21. The number of hydrogen-bond donors (Lipinski definition) is 2. The molecule has 0 saturated carbocycles. The van der Waals surface area contributed by atoms with Gasteiger partial charge in [0.15, 0.2) is 0 Å². The van der Waals surface area contributed by atoms with Crippen LogP contribution in [-0.2, 0) is 20.7 Å². The van der Waals surface area contributed by atoms with Crippen LogP contribution in [0, 0.1) is 0 Å². The van der Waals surface area contributed by atoms with E-state index >= 15 is 0 Å². The third-order valence-electron chi connectivity index (χ3n) is 3.94. The number of esters is 1. The van der Waals surface area contributed by atoms with Crippen LogP contribution in [0.1, 0.15) is 11.1 Å². The molecule has 2 amide bonds. The molecule has 144 valence electrons. The summed E-state index contributed by atoms with van der Waals surface area (Å²) in [6.45, 7) is 0. The molecular formula is C20H18N2O5S. The van der Waals surface area contributed by atoms with Crippen molar-refractivity contribution in [1.82, 2.24) is 5.32 Å². The van der Waals surface area contributed by atoms with E-state index in [1.54, 1.807) is 42.5 Å². The molecule has 28 heavy (non-hydrogen) atoms. The number of imide groups is 1. The minimum absolute atomic E-state index is 0.361. The van der Waals surface area contributed by atoms with E-state index in [0.717, 1.165) is 22.9 Å². The van der Waals surface area contributed by atoms with Gasteiger partial charge in [0.2, 0.25) is 0 Å². The number of benzene rings is 2. The van der Waals surface area contributed by atoms with Crippen LogP contribution < -0.4 is 15.8 Å². The normalized spacial score (nSPS) is 16.0. The average molecular weight is 398 g/mol. The first-order chi connectivity index (χ1) is 13.4. The van der Waals surface area contributed by atoms with Crippen molar-refractivity contribution in [1.29, 1.82) is 0 Å². The molecule has 1 heterocycles. The molecule has 0 radical (unpaired) electrons. The van der Waals surface area contributed by atoms with E-state index in [2.05, 4.69) is 10.1 Å². The van der Waals surface area contributed by atoms with Crippen LogP contribution in [-0.4, -0.2) is 30.3 Å². The largest absolute Gasteiger partial charge is 0.468 e. The molecule has 0 aromatic heterocycles. The second-order valence-corrected chi connectivity index (χ2v) is 7.02. The molecule has 0 aliphatic carbocycles. The molecule has 0 bridgehead atoms. The zero-order valence-corrected chi connectivity index (χ0v) is 15.8. The van der Waals surface area contributed by atoms with Crippen molar-refractivity contribution in [2.24, 2.45) is 5.73 Å². The second kappa shape index (κ2) is 8.73. The van der Waals surface area contributed by atoms with Crippen molar-refractivity contribution in [2.45, 2.75) is 12.5 Å². The first kappa shape index (κ1) is 19.7. The lowest BCUT2D eigenvalue weighted by Crippen LogP contribution is -2.33. The monoisotopic (exact) mass is 398 g/mol. The van der Waals surface area contributed by atoms with E-state index in [-0.39, 0.29) is 11.1 Å². The van der Waals surface area contributed by atoms with Crippen LogP contribution in [0.25, 0.3) is 6.08 Å². The van der Waals surface area contributed by atoms with Crippen LogP contribution >= 0.6 is 11.8 Å². The smallest absolute Gasteiger partial charge is 0.322 e. The summed E-state index contributed by atoms with van der Waals surface area (Å²) in [5, 5.41) is 1.85. The quantitative estimate of drug-likeness (QED) is 0.569. The predicted molar refractivity (Wildman–Crippen MR) is 106 cm³/mol. The molecule has 2 aromatic rings. The van der Waals surface area contributed by atoms with Gasteiger partial charge in [-0.2, -0.15) is 0 Å². The lowest BCUT2D eigenvalue weighted by atomic mass is 10.1. The van der Waals surface area contributed by atoms with Gasteiger partial charge in [0.1, 0.15) is 17.5 Å². The van der Waals surface area contributed by atoms with Crippen molar-refractivity contribution < 1.29 is 23.9 Å². The Morgan fingerprint density at radius 1 is 1.11 bits per heavy atom. The molecule has 1 aliphatic heterocycles. The Hall–Kier alpha value is -3.10. The first-order valence-electron chi connectivity index (χ1n) is 8.40. The third-order valence-corrected chi connectivity index (χ3v) is 4.75. The molecular weight excluding hydrogens is 380 g/mol. The molecule has 1 aliphatic rings. The van der Waals surface area contributed by atoms with E-state index in [9.17, 15) is 14.4 Å². The molecule has 1 unspecified atom stereocenters. The van der Waals surface area contributed by atoms with Crippen molar-refractivity contribution in [3.05, 3.63) is 64.6 Å². The van der Waals surface area contributed by atoms with Gasteiger partial charge in [0, 0.05) is 0 Å². The maximum Gasteiger partial charge on any atom is 0.322 e. The summed E-state index contributed by atoms with van der Waals surface area (Å²) in [6, 6.07) is 13.7.